The molecule has 0 saturated heterocycles. The topological polar surface area (TPSA) is 35.5 Å². The second kappa shape index (κ2) is 10.3. The molecule has 0 unspecified atom stereocenters. The highest BCUT2D eigenvalue weighted by atomic mass is 31.2. The highest BCUT2D eigenvalue weighted by Crippen LogP contribution is 2.46. The van der Waals surface area contributed by atoms with Gasteiger partial charge in [-0.15, -0.1) is 0 Å². The highest BCUT2D eigenvalue weighted by Gasteiger charge is 2.33. The second-order valence-electron chi connectivity index (χ2n) is 8.74. The summed E-state index contributed by atoms with van der Waals surface area (Å²) in [6.07, 6.45) is 0. The van der Waals surface area contributed by atoms with Gasteiger partial charge in [0.25, 0.3) is 0 Å². The molecule has 5 aromatic carbocycles. The zero-order valence-corrected chi connectivity index (χ0v) is 21.2. The molecule has 5 aromatic rings. The Bertz CT molecular complexity index is 1450. The summed E-state index contributed by atoms with van der Waals surface area (Å²) in [6.45, 7) is 4.07. The molecule has 0 atom stereocenters. The van der Waals surface area contributed by atoms with E-state index in [0.29, 0.717) is 22.6 Å². The standard InChI is InChI=1S/C32H27O3P/c1-24-13-17-26(18-14-24)34-28-21-22-32(31(23-28)35-27-19-15-25(2)16-20-27)36(33,29-9-5-3-6-10-29)30-11-7-4-8-12-30/h3-23H,1-2H3. The Morgan fingerprint density at radius 2 is 0.944 bits per heavy atom. The molecule has 0 fully saturated rings. The summed E-state index contributed by atoms with van der Waals surface area (Å²) in [6, 6.07) is 40.5. The van der Waals surface area contributed by atoms with Crippen LogP contribution in [0.4, 0.5) is 0 Å². The fraction of sp³-hybridized carbons (Fsp3) is 0.0625. The number of aryl methyl sites for hydroxylation is 2. The first-order valence-corrected chi connectivity index (χ1v) is 13.6. The van der Waals surface area contributed by atoms with Gasteiger partial charge in [0.15, 0.2) is 7.14 Å². The third kappa shape index (κ3) is 4.98. The first kappa shape index (κ1) is 23.7. The molecule has 178 valence electrons. The van der Waals surface area contributed by atoms with Crippen LogP contribution >= 0.6 is 7.14 Å². The van der Waals surface area contributed by atoms with E-state index < -0.39 is 7.14 Å². The molecular formula is C32H27O3P. The Labute approximate surface area is 212 Å². The highest BCUT2D eigenvalue weighted by molar-refractivity contribution is 7.85. The fourth-order valence-electron chi connectivity index (χ4n) is 4.08. The summed E-state index contributed by atoms with van der Waals surface area (Å²) in [5.74, 6) is 2.50. The number of benzene rings is 5. The van der Waals surface area contributed by atoms with Crippen molar-refractivity contribution >= 4 is 23.1 Å². The third-order valence-electron chi connectivity index (χ3n) is 6.02. The summed E-state index contributed by atoms with van der Waals surface area (Å²) in [7, 11) is -3.25. The molecule has 3 nitrogen and oxygen atoms in total. The van der Waals surface area contributed by atoms with Crippen LogP contribution in [0.5, 0.6) is 23.0 Å². The lowest BCUT2D eigenvalue weighted by molar-refractivity contribution is 0.462. The molecule has 0 radical (unpaired) electrons. The number of hydrogen-bond donors (Lipinski definition) is 0. The Kier molecular flexibility index (Phi) is 6.75. The van der Waals surface area contributed by atoms with Crippen LogP contribution in [0.25, 0.3) is 0 Å². The monoisotopic (exact) mass is 490 g/mol. The van der Waals surface area contributed by atoms with E-state index in [9.17, 15) is 0 Å². The summed E-state index contributed by atoms with van der Waals surface area (Å²) >= 11 is 0. The van der Waals surface area contributed by atoms with Crippen molar-refractivity contribution in [1.29, 1.82) is 0 Å². The van der Waals surface area contributed by atoms with Crippen LogP contribution in [0, 0.1) is 13.8 Å². The Morgan fingerprint density at radius 3 is 1.44 bits per heavy atom. The van der Waals surface area contributed by atoms with E-state index in [1.165, 1.54) is 0 Å². The maximum atomic E-state index is 15.1. The van der Waals surface area contributed by atoms with Gasteiger partial charge in [0.05, 0.1) is 5.30 Å². The molecule has 0 aliphatic carbocycles. The number of hydrogen-bond acceptors (Lipinski definition) is 3. The van der Waals surface area contributed by atoms with Gasteiger partial charge in [-0.3, -0.25) is 0 Å². The summed E-state index contributed by atoms with van der Waals surface area (Å²) in [5.41, 5.74) is 2.30. The van der Waals surface area contributed by atoms with E-state index in [4.69, 9.17) is 9.47 Å². The molecule has 0 heterocycles. The van der Waals surface area contributed by atoms with E-state index >= 15 is 4.57 Å². The average molecular weight is 491 g/mol. The quantitative estimate of drug-likeness (QED) is 0.221. The second-order valence-corrected chi connectivity index (χ2v) is 11.5. The molecule has 0 bridgehead atoms. The molecule has 0 aliphatic heterocycles. The number of rotatable bonds is 7. The van der Waals surface area contributed by atoms with Gasteiger partial charge in [-0.25, -0.2) is 0 Å². The van der Waals surface area contributed by atoms with Crippen LogP contribution in [0.15, 0.2) is 127 Å². The first-order valence-electron chi connectivity index (χ1n) is 11.9. The van der Waals surface area contributed by atoms with E-state index in [1.807, 2.05) is 141 Å². The first-order chi connectivity index (χ1) is 17.5. The van der Waals surface area contributed by atoms with Gasteiger partial charge in [0.2, 0.25) is 0 Å². The van der Waals surface area contributed by atoms with Gasteiger partial charge in [-0.2, -0.15) is 0 Å². The van der Waals surface area contributed by atoms with Gasteiger partial charge in [-0.1, -0.05) is 96.1 Å². The van der Waals surface area contributed by atoms with Crippen LogP contribution in [-0.2, 0) is 4.57 Å². The zero-order chi connectivity index (χ0) is 25.0. The Balaban J connectivity index is 1.66. The van der Waals surface area contributed by atoms with E-state index in [1.54, 1.807) is 0 Å². The lowest BCUT2D eigenvalue weighted by Crippen LogP contribution is -2.26. The van der Waals surface area contributed by atoms with E-state index in [2.05, 4.69) is 0 Å². The summed E-state index contributed by atoms with van der Waals surface area (Å²) in [5, 5.41) is 2.12. The van der Waals surface area contributed by atoms with Crippen molar-refractivity contribution in [2.45, 2.75) is 13.8 Å². The normalized spacial score (nSPS) is 11.2. The van der Waals surface area contributed by atoms with Crippen molar-refractivity contribution in [3.8, 4) is 23.0 Å². The van der Waals surface area contributed by atoms with Gasteiger partial charge in [0.1, 0.15) is 23.0 Å². The summed E-state index contributed by atoms with van der Waals surface area (Å²) in [4.78, 5) is 0. The van der Waals surface area contributed by atoms with Crippen LogP contribution in [-0.4, -0.2) is 0 Å². The van der Waals surface area contributed by atoms with Crippen molar-refractivity contribution in [3.05, 3.63) is 139 Å². The number of ether oxygens (including phenoxy) is 2. The lowest BCUT2D eigenvalue weighted by atomic mass is 10.2. The minimum atomic E-state index is -3.25. The zero-order valence-electron chi connectivity index (χ0n) is 20.3. The molecule has 4 heteroatoms. The predicted molar refractivity (Wildman–Crippen MR) is 148 cm³/mol. The lowest BCUT2D eigenvalue weighted by Gasteiger charge is -2.23. The minimum Gasteiger partial charge on any atom is -0.457 e. The largest absolute Gasteiger partial charge is 0.457 e. The maximum absolute atomic E-state index is 15.1. The molecule has 0 N–H and O–H groups in total. The Morgan fingerprint density at radius 1 is 0.500 bits per heavy atom. The molecule has 5 rings (SSSR count). The van der Waals surface area contributed by atoms with Gasteiger partial charge in [-0.05, 0) is 50.2 Å². The van der Waals surface area contributed by atoms with Crippen molar-refractivity contribution in [3.63, 3.8) is 0 Å². The fourth-order valence-corrected chi connectivity index (χ4v) is 6.82. The van der Waals surface area contributed by atoms with Crippen LogP contribution in [0.3, 0.4) is 0 Å². The van der Waals surface area contributed by atoms with Gasteiger partial charge < -0.3 is 14.0 Å². The van der Waals surface area contributed by atoms with Crippen molar-refractivity contribution in [1.82, 2.24) is 0 Å². The van der Waals surface area contributed by atoms with Crippen LogP contribution < -0.4 is 25.4 Å². The minimum absolute atomic E-state index is 0.500. The smallest absolute Gasteiger partial charge is 0.174 e. The SMILES string of the molecule is Cc1ccc(Oc2ccc(P(=O)(c3ccccc3)c3ccccc3)c(Oc3ccc(C)cc3)c2)cc1. The molecule has 0 amide bonds. The molecule has 0 saturated carbocycles. The molecule has 0 aliphatic rings. The van der Waals surface area contributed by atoms with Gasteiger partial charge >= 0.3 is 0 Å². The molecule has 36 heavy (non-hydrogen) atoms. The predicted octanol–water partition coefficient (Wildman–Crippen LogP) is 7.53. The van der Waals surface area contributed by atoms with Crippen LogP contribution in [0.1, 0.15) is 11.1 Å². The van der Waals surface area contributed by atoms with Crippen molar-refractivity contribution in [2.24, 2.45) is 0 Å². The van der Waals surface area contributed by atoms with Gasteiger partial charge in [0, 0.05) is 16.7 Å². The van der Waals surface area contributed by atoms with E-state index in [-0.39, 0.29) is 0 Å². The van der Waals surface area contributed by atoms with E-state index in [0.717, 1.165) is 27.5 Å². The molecule has 0 spiro atoms. The molecular weight excluding hydrogens is 463 g/mol. The Hall–Kier alpha value is -4.07. The molecule has 0 aromatic heterocycles. The summed E-state index contributed by atoms with van der Waals surface area (Å²) < 4.78 is 27.6. The average Bonchev–Trinajstić information content (AvgIpc) is 2.92. The van der Waals surface area contributed by atoms with Crippen LogP contribution in [0.2, 0.25) is 0 Å². The van der Waals surface area contributed by atoms with Crippen molar-refractivity contribution in [2.75, 3.05) is 0 Å². The maximum Gasteiger partial charge on any atom is 0.174 e. The third-order valence-corrected chi connectivity index (χ3v) is 9.11. The van der Waals surface area contributed by atoms with Crippen molar-refractivity contribution < 1.29 is 14.0 Å².